The van der Waals surface area contributed by atoms with E-state index in [2.05, 4.69) is 27.1 Å². The number of carbonyl (C=O) groups excluding carboxylic acids is 3. The van der Waals surface area contributed by atoms with E-state index in [0.717, 1.165) is 62.1 Å². The standard InChI is InChI=1S/C33H37F2N7O4/c1-39-16-18-40(19-17-39)23-9-14-41(15-10-23)32(45)38-29-21-26(8-13-37-29)46-25-6-7-28(27(35)20-25)42(24-4-2-22(34)3-5-24)31(44)33(11-12-33)30(36)43/h2-8,13,20-21,23H,9-12,14-19H2,1H3,(H2,36,43)(H,37,38,45). The van der Waals surface area contributed by atoms with Crippen LogP contribution in [0.15, 0.2) is 60.8 Å². The second-order valence-corrected chi connectivity index (χ2v) is 12.1. The molecular formula is C33H37F2N7O4. The Hall–Kier alpha value is -4.62. The number of piperidine rings is 1. The minimum Gasteiger partial charge on any atom is -0.457 e. The maximum absolute atomic E-state index is 15.6. The van der Waals surface area contributed by atoms with Crippen molar-refractivity contribution in [3.63, 3.8) is 0 Å². The highest BCUT2D eigenvalue weighted by atomic mass is 19.1. The first kappa shape index (κ1) is 31.4. The number of urea groups is 1. The number of piperazine rings is 1. The highest BCUT2D eigenvalue weighted by molar-refractivity contribution is 6.16. The summed E-state index contributed by atoms with van der Waals surface area (Å²) in [6.07, 6.45) is 3.81. The molecule has 3 aliphatic rings. The molecule has 0 atom stereocenters. The van der Waals surface area contributed by atoms with E-state index in [1.807, 2.05) is 0 Å². The number of anilines is 3. The lowest BCUT2D eigenvalue weighted by atomic mass is 10.0. The summed E-state index contributed by atoms with van der Waals surface area (Å²) in [6.45, 7) is 5.54. The van der Waals surface area contributed by atoms with Gasteiger partial charge < -0.3 is 20.3 Å². The quantitative estimate of drug-likeness (QED) is 0.354. The molecule has 3 aromatic rings. The second-order valence-electron chi connectivity index (χ2n) is 12.1. The van der Waals surface area contributed by atoms with Gasteiger partial charge in [-0.15, -0.1) is 0 Å². The summed E-state index contributed by atoms with van der Waals surface area (Å²) in [5, 5.41) is 2.83. The number of likely N-dealkylation sites (N-methyl/N-ethyl adjacent to an activating group) is 1. The van der Waals surface area contributed by atoms with Crippen molar-refractivity contribution in [2.24, 2.45) is 11.1 Å². The average Bonchev–Trinajstić information content (AvgIpc) is 3.86. The van der Waals surface area contributed by atoms with Gasteiger partial charge in [0.15, 0.2) is 5.82 Å². The fourth-order valence-electron chi connectivity index (χ4n) is 6.08. The van der Waals surface area contributed by atoms with Crippen LogP contribution in [-0.4, -0.2) is 89.9 Å². The van der Waals surface area contributed by atoms with Crippen LogP contribution in [0.1, 0.15) is 25.7 Å². The Morgan fingerprint density at radius 2 is 1.61 bits per heavy atom. The number of rotatable bonds is 8. The molecule has 0 bridgehead atoms. The number of nitrogens with one attached hydrogen (secondary N) is 1. The number of hydrogen-bond acceptors (Lipinski definition) is 7. The molecule has 3 heterocycles. The van der Waals surface area contributed by atoms with Crippen molar-refractivity contribution in [3.05, 3.63) is 72.4 Å². The average molecular weight is 634 g/mol. The molecule has 0 unspecified atom stereocenters. The summed E-state index contributed by atoms with van der Waals surface area (Å²) >= 11 is 0. The monoisotopic (exact) mass is 633 g/mol. The molecular weight excluding hydrogens is 596 g/mol. The number of ether oxygens (including phenoxy) is 1. The van der Waals surface area contributed by atoms with Crippen molar-refractivity contribution in [3.8, 4) is 11.5 Å². The number of carbonyl (C=O) groups is 3. The molecule has 3 N–H and O–H groups in total. The van der Waals surface area contributed by atoms with Gasteiger partial charge in [0.2, 0.25) is 11.8 Å². The molecule has 6 rings (SSSR count). The molecule has 2 aromatic carbocycles. The van der Waals surface area contributed by atoms with Gasteiger partial charge in [0.1, 0.15) is 28.5 Å². The van der Waals surface area contributed by atoms with Crippen LogP contribution in [0.2, 0.25) is 0 Å². The van der Waals surface area contributed by atoms with Gasteiger partial charge in [-0.05, 0) is 75.2 Å². The third-order valence-electron chi connectivity index (χ3n) is 9.09. The first-order chi connectivity index (χ1) is 22.1. The zero-order valence-corrected chi connectivity index (χ0v) is 25.6. The Bertz CT molecular complexity index is 1600. The summed E-state index contributed by atoms with van der Waals surface area (Å²) < 4.78 is 35.1. The van der Waals surface area contributed by atoms with E-state index in [-0.39, 0.29) is 41.8 Å². The largest absolute Gasteiger partial charge is 0.457 e. The van der Waals surface area contributed by atoms with Crippen LogP contribution in [0, 0.1) is 17.0 Å². The number of nitrogens with two attached hydrogens (primary N) is 1. The van der Waals surface area contributed by atoms with E-state index < -0.39 is 28.9 Å². The van der Waals surface area contributed by atoms with E-state index in [0.29, 0.717) is 24.9 Å². The first-order valence-electron chi connectivity index (χ1n) is 15.4. The Morgan fingerprint density at radius 1 is 0.935 bits per heavy atom. The maximum Gasteiger partial charge on any atom is 0.323 e. The van der Waals surface area contributed by atoms with Crippen molar-refractivity contribution in [2.75, 3.05) is 56.5 Å². The van der Waals surface area contributed by atoms with Crippen LogP contribution in [0.3, 0.4) is 0 Å². The Morgan fingerprint density at radius 3 is 2.24 bits per heavy atom. The SMILES string of the molecule is CN1CCN(C2CCN(C(=O)Nc3cc(Oc4ccc(N(C(=O)C5(C(N)=O)CC5)c5ccc(F)cc5)c(F)c4)ccn3)CC2)CC1. The predicted octanol–water partition coefficient (Wildman–Crippen LogP) is 4.33. The molecule has 242 valence electrons. The fraction of sp³-hybridized carbons (Fsp3) is 0.394. The summed E-state index contributed by atoms with van der Waals surface area (Å²) in [6, 6.07) is 12.2. The van der Waals surface area contributed by atoms with Gasteiger partial charge in [-0.2, -0.15) is 0 Å². The van der Waals surface area contributed by atoms with Gasteiger partial charge in [-0.25, -0.2) is 18.6 Å². The Balaban J connectivity index is 1.11. The highest BCUT2D eigenvalue weighted by Crippen LogP contribution is 2.49. The molecule has 2 saturated heterocycles. The van der Waals surface area contributed by atoms with Crippen LogP contribution in [-0.2, 0) is 9.59 Å². The van der Waals surface area contributed by atoms with Gasteiger partial charge >= 0.3 is 6.03 Å². The number of benzene rings is 2. The predicted molar refractivity (Wildman–Crippen MR) is 168 cm³/mol. The summed E-state index contributed by atoms with van der Waals surface area (Å²) in [4.78, 5) is 50.5. The number of pyridine rings is 1. The zero-order chi connectivity index (χ0) is 32.4. The lowest BCUT2D eigenvalue weighted by Crippen LogP contribution is -2.53. The number of primary amides is 1. The molecule has 1 saturated carbocycles. The molecule has 2 aliphatic heterocycles. The zero-order valence-electron chi connectivity index (χ0n) is 25.6. The van der Waals surface area contributed by atoms with Crippen molar-refractivity contribution >= 4 is 35.0 Å². The van der Waals surface area contributed by atoms with Crippen molar-refractivity contribution < 1.29 is 27.9 Å². The summed E-state index contributed by atoms with van der Waals surface area (Å²) in [7, 11) is 2.14. The minimum absolute atomic E-state index is 0.123. The molecule has 0 spiro atoms. The van der Waals surface area contributed by atoms with Crippen molar-refractivity contribution in [1.82, 2.24) is 19.7 Å². The van der Waals surface area contributed by atoms with Crippen molar-refractivity contribution in [2.45, 2.75) is 31.7 Å². The third kappa shape index (κ3) is 6.65. The van der Waals surface area contributed by atoms with Crippen LogP contribution in [0.5, 0.6) is 11.5 Å². The molecule has 4 amide bonds. The first-order valence-corrected chi connectivity index (χ1v) is 15.4. The molecule has 1 aromatic heterocycles. The summed E-state index contributed by atoms with van der Waals surface area (Å²) in [5.74, 6) is -2.09. The van der Waals surface area contributed by atoms with E-state index in [1.165, 1.54) is 30.5 Å². The number of amides is 4. The van der Waals surface area contributed by atoms with Gasteiger partial charge in [0.25, 0.3) is 0 Å². The molecule has 1 aliphatic carbocycles. The molecule has 11 nitrogen and oxygen atoms in total. The normalized spacial score (nSPS) is 18.5. The number of nitrogens with zero attached hydrogens (tertiary/aromatic N) is 5. The van der Waals surface area contributed by atoms with Crippen LogP contribution >= 0.6 is 0 Å². The number of aromatic nitrogens is 1. The molecule has 0 radical (unpaired) electrons. The number of hydrogen-bond donors (Lipinski definition) is 2. The highest BCUT2D eigenvalue weighted by Gasteiger charge is 2.57. The maximum atomic E-state index is 15.6. The van der Waals surface area contributed by atoms with E-state index >= 15 is 4.39 Å². The van der Waals surface area contributed by atoms with Crippen LogP contribution in [0.4, 0.5) is 30.8 Å². The third-order valence-corrected chi connectivity index (χ3v) is 9.09. The number of halogens is 2. The molecule has 13 heteroatoms. The Labute approximate surface area is 265 Å². The molecule has 46 heavy (non-hydrogen) atoms. The lowest BCUT2D eigenvalue weighted by molar-refractivity contribution is -0.133. The van der Waals surface area contributed by atoms with E-state index in [4.69, 9.17) is 10.5 Å². The van der Waals surface area contributed by atoms with Gasteiger partial charge in [0.05, 0.1) is 5.69 Å². The Kier molecular flexibility index (Phi) is 8.87. The number of likely N-dealkylation sites (tertiary alicyclic amines) is 1. The van der Waals surface area contributed by atoms with E-state index in [1.54, 1.807) is 17.0 Å². The topological polar surface area (TPSA) is 124 Å². The van der Waals surface area contributed by atoms with Crippen LogP contribution in [0.25, 0.3) is 0 Å². The molecule has 3 fully saturated rings. The lowest BCUT2D eigenvalue weighted by Gasteiger charge is -2.42. The van der Waals surface area contributed by atoms with Crippen molar-refractivity contribution in [1.29, 1.82) is 0 Å². The van der Waals surface area contributed by atoms with E-state index in [9.17, 15) is 18.8 Å². The van der Waals surface area contributed by atoms with Gasteiger partial charge in [-0.1, -0.05) is 0 Å². The smallest absolute Gasteiger partial charge is 0.323 e. The van der Waals surface area contributed by atoms with Crippen LogP contribution < -0.4 is 20.7 Å². The second kappa shape index (κ2) is 13.0. The van der Waals surface area contributed by atoms with Gasteiger partial charge in [0, 0.05) is 69.3 Å². The summed E-state index contributed by atoms with van der Waals surface area (Å²) in [5.41, 5.74) is 4.13. The van der Waals surface area contributed by atoms with Gasteiger partial charge in [-0.3, -0.25) is 24.7 Å². The minimum atomic E-state index is -1.44. The fourth-order valence-corrected chi connectivity index (χ4v) is 6.08.